The first kappa shape index (κ1) is 15.0. The lowest BCUT2D eigenvalue weighted by molar-refractivity contribution is -0.111. The number of hydrogen-bond donors (Lipinski definition) is 3. The molecule has 0 radical (unpaired) electrons. The molecule has 6 nitrogen and oxygen atoms in total. The normalized spacial score (nSPS) is 10.8. The topological polar surface area (TPSA) is 101 Å². The van der Waals surface area contributed by atoms with Crippen LogP contribution in [0.3, 0.4) is 0 Å². The lowest BCUT2D eigenvalue weighted by Gasteiger charge is -2.02. The smallest absolute Gasteiger partial charge is 0.271 e. The van der Waals surface area contributed by atoms with Gasteiger partial charge in [0, 0.05) is 10.5 Å². The van der Waals surface area contributed by atoms with Gasteiger partial charge in [-0.1, -0.05) is 34.1 Å². The Kier molecular flexibility index (Phi) is 4.54. The molecule has 0 spiro atoms. The molecule has 0 atom stereocenters. The number of rotatable bonds is 4. The fraction of sp³-hybridized carbons (Fsp3) is 0.0714. The predicted octanol–water partition coefficient (Wildman–Crippen LogP) is 2.23. The Balaban J connectivity index is 2.14. The van der Waals surface area contributed by atoms with Crippen LogP contribution in [0.25, 0.3) is 6.08 Å². The van der Waals surface area contributed by atoms with E-state index in [0.29, 0.717) is 11.4 Å². The van der Waals surface area contributed by atoms with Crippen molar-refractivity contribution in [2.24, 2.45) is 5.73 Å². The van der Waals surface area contributed by atoms with Crippen LogP contribution in [0.2, 0.25) is 0 Å². The van der Waals surface area contributed by atoms with Crippen molar-refractivity contribution in [3.8, 4) is 0 Å². The third kappa shape index (κ3) is 3.57. The Labute approximate surface area is 129 Å². The van der Waals surface area contributed by atoms with Gasteiger partial charge >= 0.3 is 0 Å². The van der Waals surface area contributed by atoms with Crippen LogP contribution in [-0.2, 0) is 4.79 Å². The van der Waals surface area contributed by atoms with E-state index in [1.807, 2.05) is 24.3 Å². The fourth-order valence-electron chi connectivity index (χ4n) is 1.70. The first-order chi connectivity index (χ1) is 9.99. The first-order valence-electron chi connectivity index (χ1n) is 6.07. The Morgan fingerprint density at radius 1 is 1.38 bits per heavy atom. The third-order valence-electron chi connectivity index (χ3n) is 2.75. The highest BCUT2D eigenvalue weighted by Crippen LogP contribution is 2.19. The SMILES string of the molecule is Cc1[nH]nc(C(N)=O)c1NC(=O)C=Cc1ccccc1Br. The van der Waals surface area contributed by atoms with Crippen molar-refractivity contribution < 1.29 is 9.59 Å². The molecule has 1 heterocycles. The standard InChI is InChI=1S/C14H13BrN4O2/c1-8-12(13(14(16)21)19-18-8)17-11(20)7-6-9-4-2-3-5-10(9)15/h2-7H,1H3,(H2,16,21)(H,17,20)(H,18,19). The van der Waals surface area contributed by atoms with Gasteiger partial charge in [0.1, 0.15) is 0 Å². The van der Waals surface area contributed by atoms with Gasteiger partial charge in [0.05, 0.1) is 11.4 Å². The van der Waals surface area contributed by atoms with Gasteiger partial charge in [0.15, 0.2) is 5.69 Å². The Morgan fingerprint density at radius 3 is 2.76 bits per heavy atom. The molecule has 0 saturated carbocycles. The highest BCUT2D eigenvalue weighted by molar-refractivity contribution is 9.10. The van der Waals surface area contributed by atoms with E-state index in [4.69, 9.17) is 5.73 Å². The van der Waals surface area contributed by atoms with E-state index in [1.165, 1.54) is 6.08 Å². The Hall–Kier alpha value is -2.41. The van der Waals surface area contributed by atoms with Gasteiger partial charge in [0.2, 0.25) is 5.91 Å². The molecule has 0 aliphatic heterocycles. The molecule has 108 valence electrons. The lowest BCUT2D eigenvalue weighted by Crippen LogP contribution is -2.16. The number of aryl methyl sites for hydroxylation is 1. The molecule has 21 heavy (non-hydrogen) atoms. The Bertz CT molecular complexity index is 722. The number of H-pyrrole nitrogens is 1. The summed E-state index contributed by atoms with van der Waals surface area (Å²) in [6.45, 7) is 1.69. The van der Waals surface area contributed by atoms with Gasteiger partial charge in [-0.05, 0) is 24.6 Å². The van der Waals surface area contributed by atoms with E-state index >= 15 is 0 Å². The maximum Gasteiger partial charge on any atom is 0.271 e. The number of nitrogens with two attached hydrogens (primary N) is 1. The number of carbonyl (C=O) groups is 2. The molecule has 0 saturated heterocycles. The van der Waals surface area contributed by atoms with Crippen molar-refractivity contribution in [2.45, 2.75) is 6.92 Å². The van der Waals surface area contributed by atoms with Crippen molar-refractivity contribution in [2.75, 3.05) is 5.32 Å². The van der Waals surface area contributed by atoms with E-state index in [2.05, 4.69) is 31.4 Å². The van der Waals surface area contributed by atoms with Crippen molar-refractivity contribution in [1.29, 1.82) is 0 Å². The van der Waals surface area contributed by atoms with E-state index in [9.17, 15) is 9.59 Å². The molecule has 0 unspecified atom stereocenters. The zero-order chi connectivity index (χ0) is 15.4. The van der Waals surface area contributed by atoms with Crippen LogP contribution in [0.4, 0.5) is 5.69 Å². The summed E-state index contributed by atoms with van der Waals surface area (Å²) in [5.41, 5.74) is 6.93. The maximum atomic E-state index is 11.9. The average molecular weight is 349 g/mol. The minimum atomic E-state index is -0.704. The molecule has 1 aromatic carbocycles. The van der Waals surface area contributed by atoms with E-state index in [1.54, 1.807) is 13.0 Å². The van der Waals surface area contributed by atoms with Crippen molar-refractivity contribution >= 4 is 39.5 Å². The number of benzene rings is 1. The molecule has 2 aromatic rings. The van der Waals surface area contributed by atoms with E-state index < -0.39 is 5.91 Å². The van der Waals surface area contributed by atoms with Gasteiger partial charge in [-0.15, -0.1) is 0 Å². The number of aromatic nitrogens is 2. The number of nitrogens with zero attached hydrogens (tertiary/aromatic N) is 1. The van der Waals surface area contributed by atoms with Crippen LogP contribution < -0.4 is 11.1 Å². The van der Waals surface area contributed by atoms with Gasteiger partial charge in [0.25, 0.3) is 5.91 Å². The number of aromatic amines is 1. The summed E-state index contributed by atoms with van der Waals surface area (Å²) in [7, 11) is 0. The fourth-order valence-corrected chi connectivity index (χ4v) is 2.12. The second-order valence-corrected chi connectivity index (χ2v) is 5.13. The zero-order valence-corrected chi connectivity index (χ0v) is 12.8. The lowest BCUT2D eigenvalue weighted by atomic mass is 10.2. The predicted molar refractivity (Wildman–Crippen MR) is 83.6 cm³/mol. The van der Waals surface area contributed by atoms with Gasteiger partial charge in [-0.25, -0.2) is 0 Å². The molecule has 7 heteroatoms. The van der Waals surface area contributed by atoms with E-state index in [-0.39, 0.29) is 11.6 Å². The summed E-state index contributed by atoms with van der Waals surface area (Å²) < 4.78 is 0.881. The highest BCUT2D eigenvalue weighted by atomic mass is 79.9. The summed E-state index contributed by atoms with van der Waals surface area (Å²) in [5.74, 6) is -1.08. The second kappa shape index (κ2) is 6.36. The van der Waals surface area contributed by atoms with Crippen LogP contribution in [0.5, 0.6) is 0 Å². The number of halogens is 1. The van der Waals surface area contributed by atoms with E-state index in [0.717, 1.165) is 10.0 Å². The first-order valence-corrected chi connectivity index (χ1v) is 6.86. The van der Waals surface area contributed by atoms with Gasteiger partial charge < -0.3 is 11.1 Å². The summed E-state index contributed by atoms with van der Waals surface area (Å²) in [4.78, 5) is 23.1. The van der Waals surface area contributed by atoms with Crippen LogP contribution in [0.15, 0.2) is 34.8 Å². The van der Waals surface area contributed by atoms with Crippen molar-refractivity contribution in [3.63, 3.8) is 0 Å². The molecular weight excluding hydrogens is 336 g/mol. The number of amides is 2. The molecule has 0 aliphatic rings. The molecule has 1 aromatic heterocycles. The maximum absolute atomic E-state index is 11.9. The van der Waals surface area contributed by atoms with Crippen LogP contribution >= 0.6 is 15.9 Å². The number of primary amides is 1. The number of anilines is 1. The quantitative estimate of drug-likeness (QED) is 0.738. The van der Waals surface area contributed by atoms with Crippen molar-refractivity contribution in [1.82, 2.24) is 10.2 Å². The molecular formula is C14H13BrN4O2. The van der Waals surface area contributed by atoms with Gasteiger partial charge in [-0.3, -0.25) is 14.7 Å². The molecule has 4 N–H and O–H groups in total. The molecule has 0 aliphatic carbocycles. The van der Waals surface area contributed by atoms with Crippen LogP contribution in [0.1, 0.15) is 21.7 Å². The monoisotopic (exact) mass is 348 g/mol. The Morgan fingerprint density at radius 2 is 2.10 bits per heavy atom. The minimum absolute atomic E-state index is 0.00939. The summed E-state index contributed by atoms with van der Waals surface area (Å²) in [6, 6.07) is 7.50. The second-order valence-electron chi connectivity index (χ2n) is 4.28. The number of carbonyl (C=O) groups excluding carboxylic acids is 2. The molecule has 0 bridgehead atoms. The minimum Gasteiger partial charge on any atom is -0.364 e. The van der Waals surface area contributed by atoms with Gasteiger partial charge in [-0.2, -0.15) is 5.10 Å². The number of nitrogens with one attached hydrogen (secondary N) is 2. The molecule has 0 fully saturated rings. The summed E-state index contributed by atoms with van der Waals surface area (Å²) in [5, 5.41) is 8.96. The zero-order valence-electron chi connectivity index (χ0n) is 11.2. The highest BCUT2D eigenvalue weighted by Gasteiger charge is 2.16. The van der Waals surface area contributed by atoms with Crippen LogP contribution in [0, 0.1) is 6.92 Å². The van der Waals surface area contributed by atoms with Crippen LogP contribution in [-0.4, -0.2) is 22.0 Å². The largest absolute Gasteiger partial charge is 0.364 e. The number of hydrogen-bond acceptors (Lipinski definition) is 3. The summed E-state index contributed by atoms with van der Waals surface area (Å²) >= 11 is 3.39. The average Bonchev–Trinajstić information content (AvgIpc) is 2.79. The molecule has 2 amide bonds. The summed E-state index contributed by atoms with van der Waals surface area (Å²) in [6.07, 6.45) is 3.04. The third-order valence-corrected chi connectivity index (χ3v) is 3.47. The molecule has 2 rings (SSSR count). The van der Waals surface area contributed by atoms with Crippen molar-refractivity contribution in [3.05, 3.63) is 51.8 Å².